The average molecular weight is 590 g/mol. The minimum Gasteiger partial charge on any atom is -0.393 e. The number of carbonyl (C=O) groups is 2. The van der Waals surface area contributed by atoms with E-state index >= 15 is 0 Å². The highest BCUT2D eigenvalue weighted by Gasteiger charge is 2.60. The minimum absolute atomic E-state index is 0.0868. The largest absolute Gasteiger partial charge is 0.393 e. The molecule has 0 aromatic heterocycles. The highest BCUT2D eigenvalue weighted by molar-refractivity contribution is 6.33. The zero-order valence-corrected chi connectivity index (χ0v) is 25.8. The maximum Gasteiger partial charge on any atom is 0.262 e. The summed E-state index contributed by atoms with van der Waals surface area (Å²) in [6.07, 6.45) is 12.2. The van der Waals surface area contributed by atoms with Gasteiger partial charge in [0.1, 0.15) is 11.4 Å². The number of halogens is 2. The molecule has 40 heavy (non-hydrogen) atoms. The molecule has 2 N–H and O–H groups in total. The number of nitrogens with one attached hydrogen (secondary N) is 1. The van der Waals surface area contributed by atoms with Gasteiger partial charge in [0.2, 0.25) is 5.91 Å². The van der Waals surface area contributed by atoms with Crippen molar-refractivity contribution in [2.75, 3.05) is 0 Å². The summed E-state index contributed by atoms with van der Waals surface area (Å²) in [5, 5.41) is 11.7. The summed E-state index contributed by atoms with van der Waals surface area (Å²) in [7, 11) is 0. The van der Waals surface area contributed by atoms with Gasteiger partial charge in [-0.15, -0.1) is 11.6 Å². The average Bonchev–Trinajstić information content (AvgIpc) is 3.30. The van der Waals surface area contributed by atoms with Crippen LogP contribution in [0.4, 0.5) is 0 Å². The third-order valence-electron chi connectivity index (χ3n) is 12.7. The summed E-state index contributed by atoms with van der Waals surface area (Å²) in [5.41, 5.74) is 4.48. The predicted octanol–water partition coefficient (Wildman–Crippen LogP) is 7.30. The van der Waals surface area contributed by atoms with Crippen LogP contribution in [0, 0.1) is 46.3 Å². The molecule has 11 atom stereocenters. The number of carbonyl (C=O) groups excluding carboxylic acids is 2. The van der Waals surface area contributed by atoms with Gasteiger partial charge in [-0.1, -0.05) is 44.5 Å². The van der Waals surface area contributed by atoms with Crippen molar-refractivity contribution in [3.8, 4) is 0 Å². The van der Waals surface area contributed by atoms with Crippen molar-refractivity contribution in [2.24, 2.45) is 46.3 Å². The van der Waals surface area contributed by atoms with Gasteiger partial charge >= 0.3 is 0 Å². The van der Waals surface area contributed by atoms with Gasteiger partial charge in [0.05, 0.1) is 6.10 Å². The fraction of sp³-hybridized carbons (Fsp3) is 0.758. The van der Waals surface area contributed by atoms with Crippen LogP contribution in [-0.4, -0.2) is 33.4 Å². The van der Waals surface area contributed by atoms with Crippen LogP contribution in [0.25, 0.3) is 0 Å². The number of hydrazine groups is 1. The number of aliphatic hydroxyl groups is 1. The van der Waals surface area contributed by atoms with E-state index in [9.17, 15) is 14.7 Å². The second-order valence-electron chi connectivity index (χ2n) is 14.5. The first-order valence-electron chi connectivity index (χ1n) is 15.7. The summed E-state index contributed by atoms with van der Waals surface area (Å²) in [4.78, 5) is 25.5. The Morgan fingerprint density at radius 3 is 2.50 bits per heavy atom. The molecule has 0 unspecified atom stereocenters. The SMILES string of the molecule is C[C@H](CCC(=O)NN1C(=O)[C@H](Cl)[C@H]1c1ccc(Cl)cc1)[C@H]1CC[C@H]2[C@@H]3CC[C@H]4C[C@H](O)CC[C@]4(C)[C@H]3CC[C@]12C. The third kappa shape index (κ3) is 4.71. The van der Waals surface area contributed by atoms with Gasteiger partial charge in [-0.2, -0.15) is 0 Å². The standard InChI is InChI=1S/C33H46Cl2N2O3/c1-19(4-13-28(39)36-37-30(29(35)31(37)40)20-5-8-22(34)9-6-20)25-11-12-26-24-10-7-21-18-23(38)14-16-32(21,2)27(24)15-17-33(25,26)3/h5-6,8-9,19,21,23-27,29-30,38H,4,7,10-18H2,1-3H3,(H,36,39)/t19-,21+,23-,24+,25-,26+,27+,29-,30-,32+,33-/m1/s1. The molecule has 0 bridgehead atoms. The first-order valence-corrected chi connectivity index (χ1v) is 16.5. The zero-order chi connectivity index (χ0) is 28.4. The van der Waals surface area contributed by atoms with Crippen molar-refractivity contribution in [1.29, 1.82) is 0 Å². The van der Waals surface area contributed by atoms with Gasteiger partial charge < -0.3 is 5.11 Å². The highest BCUT2D eigenvalue weighted by atomic mass is 35.5. The molecule has 4 saturated carbocycles. The summed E-state index contributed by atoms with van der Waals surface area (Å²) >= 11 is 12.3. The number of hydrogen-bond acceptors (Lipinski definition) is 3. The molecular weight excluding hydrogens is 543 g/mol. The summed E-state index contributed by atoms with van der Waals surface area (Å²) < 4.78 is 0. The Hall–Kier alpha value is -1.30. The van der Waals surface area contributed by atoms with Crippen molar-refractivity contribution in [3.63, 3.8) is 0 Å². The van der Waals surface area contributed by atoms with E-state index in [4.69, 9.17) is 23.2 Å². The van der Waals surface area contributed by atoms with Gasteiger partial charge in [0, 0.05) is 11.4 Å². The van der Waals surface area contributed by atoms with E-state index in [0.29, 0.717) is 40.0 Å². The quantitative estimate of drug-likeness (QED) is 0.270. The Kier molecular flexibility index (Phi) is 7.75. The lowest BCUT2D eigenvalue weighted by Gasteiger charge is -2.61. The van der Waals surface area contributed by atoms with Crippen LogP contribution in [0.3, 0.4) is 0 Å². The number of rotatable bonds is 6. The van der Waals surface area contributed by atoms with Gasteiger partial charge in [0.15, 0.2) is 0 Å². The lowest BCUT2D eigenvalue weighted by atomic mass is 9.44. The topological polar surface area (TPSA) is 69.6 Å². The van der Waals surface area contributed by atoms with E-state index in [1.165, 1.54) is 50.0 Å². The molecule has 1 aliphatic heterocycles. The monoisotopic (exact) mass is 588 g/mol. The molecule has 5 aliphatic rings. The Morgan fingerprint density at radius 1 is 1.05 bits per heavy atom. The van der Waals surface area contributed by atoms with Crippen LogP contribution in [0.5, 0.6) is 0 Å². The predicted molar refractivity (Wildman–Crippen MR) is 158 cm³/mol. The molecule has 4 aliphatic carbocycles. The number of hydrogen-bond donors (Lipinski definition) is 2. The van der Waals surface area contributed by atoms with E-state index in [1.54, 1.807) is 12.1 Å². The maximum atomic E-state index is 13.0. The second-order valence-corrected chi connectivity index (χ2v) is 15.4. The van der Waals surface area contributed by atoms with Gasteiger partial charge in [-0.25, -0.2) is 5.01 Å². The normalized spacial score (nSPS) is 43.2. The maximum absolute atomic E-state index is 13.0. The first kappa shape index (κ1) is 28.8. The van der Waals surface area contributed by atoms with Crippen molar-refractivity contribution < 1.29 is 14.7 Å². The molecule has 1 saturated heterocycles. The number of fused-ring (bicyclic) bond motifs is 5. The third-order valence-corrected chi connectivity index (χ3v) is 13.4. The second kappa shape index (κ2) is 10.8. The molecule has 5 nitrogen and oxygen atoms in total. The highest BCUT2D eigenvalue weighted by Crippen LogP contribution is 2.68. The van der Waals surface area contributed by atoms with Crippen LogP contribution < -0.4 is 5.43 Å². The molecule has 1 heterocycles. The lowest BCUT2D eigenvalue weighted by Crippen LogP contribution is -2.63. The molecule has 0 radical (unpaired) electrons. The molecule has 7 heteroatoms. The van der Waals surface area contributed by atoms with Gasteiger partial charge in [-0.3, -0.25) is 15.0 Å². The van der Waals surface area contributed by atoms with Crippen molar-refractivity contribution >= 4 is 35.0 Å². The summed E-state index contributed by atoms with van der Waals surface area (Å²) in [5.74, 6) is 3.85. The smallest absolute Gasteiger partial charge is 0.262 e. The van der Waals surface area contributed by atoms with Crippen LogP contribution in [0.2, 0.25) is 5.02 Å². The number of aliphatic hydroxyl groups excluding tert-OH is 1. The van der Waals surface area contributed by atoms with Crippen molar-refractivity contribution in [3.05, 3.63) is 34.9 Å². The fourth-order valence-corrected chi connectivity index (χ4v) is 11.0. The minimum atomic E-state index is -0.679. The van der Waals surface area contributed by atoms with E-state index in [-0.39, 0.29) is 24.0 Å². The van der Waals surface area contributed by atoms with Crippen molar-refractivity contribution in [2.45, 2.75) is 109 Å². The number of β-lactam (4-membered cyclic amide) rings is 1. The summed E-state index contributed by atoms with van der Waals surface area (Å²) in [6.45, 7) is 7.47. The van der Waals surface area contributed by atoms with Crippen molar-refractivity contribution in [1.82, 2.24) is 10.4 Å². The number of amides is 2. The van der Waals surface area contributed by atoms with E-state index in [0.717, 1.165) is 42.6 Å². The lowest BCUT2D eigenvalue weighted by molar-refractivity contribution is -0.156. The molecule has 2 amide bonds. The van der Waals surface area contributed by atoms with Crippen LogP contribution in [-0.2, 0) is 9.59 Å². The molecule has 0 spiro atoms. The molecular formula is C33H46Cl2N2O3. The molecule has 1 aromatic carbocycles. The van der Waals surface area contributed by atoms with E-state index < -0.39 is 5.38 Å². The summed E-state index contributed by atoms with van der Waals surface area (Å²) in [6, 6.07) is 6.89. The van der Waals surface area contributed by atoms with Gasteiger partial charge in [-0.05, 0) is 128 Å². The van der Waals surface area contributed by atoms with Crippen LogP contribution in [0.15, 0.2) is 24.3 Å². The Bertz CT molecular complexity index is 1130. The van der Waals surface area contributed by atoms with E-state index in [2.05, 4.69) is 26.2 Å². The molecule has 6 rings (SSSR count). The molecule has 1 aromatic rings. The van der Waals surface area contributed by atoms with Crippen LogP contribution >= 0.6 is 23.2 Å². The number of alkyl halides is 1. The number of benzene rings is 1. The number of nitrogens with zero attached hydrogens (tertiary/aromatic N) is 1. The Balaban J connectivity index is 1.06. The Morgan fingerprint density at radius 2 is 1.75 bits per heavy atom. The zero-order valence-electron chi connectivity index (χ0n) is 24.3. The fourth-order valence-electron chi connectivity index (χ4n) is 10.5. The molecule has 5 fully saturated rings. The van der Waals surface area contributed by atoms with E-state index in [1.807, 2.05) is 12.1 Å². The Labute approximate surface area is 249 Å². The first-order chi connectivity index (χ1) is 19.0. The molecule has 220 valence electrons. The van der Waals surface area contributed by atoms with Crippen LogP contribution in [0.1, 0.15) is 103 Å². The van der Waals surface area contributed by atoms with Gasteiger partial charge in [0.25, 0.3) is 5.91 Å².